The molecule has 2 heterocycles. The van der Waals surface area contributed by atoms with Gasteiger partial charge in [-0.15, -0.1) is 0 Å². The molecular formula is C13H14N2O. The third kappa shape index (κ3) is 1.21. The predicted molar refractivity (Wildman–Crippen MR) is 63.4 cm³/mol. The van der Waals surface area contributed by atoms with Crippen LogP contribution < -0.4 is 10.6 Å². The number of benzene rings is 1. The lowest BCUT2D eigenvalue weighted by Crippen LogP contribution is -2.42. The molecule has 3 heteroatoms. The fourth-order valence-electron chi connectivity index (χ4n) is 2.56. The minimum Gasteiger partial charge on any atom is -0.325 e. The molecule has 0 radical (unpaired) electrons. The largest absolute Gasteiger partial charge is 0.325 e. The van der Waals surface area contributed by atoms with Crippen molar-refractivity contribution < 1.29 is 4.79 Å². The van der Waals surface area contributed by atoms with Gasteiger partial charge in [0.05, 0.1) is 5.41 Å². The van der Waals surface area contributed by atoms with E-state index < -0.39 is 5.41 Å². The summed E-state index contributed by atoms with van der Waals surface area (Å²) in [7, 11) is 0. The lowest BCUT2D eigenvalue weighted by Gasteiger charge is -2.24. The van der Waals surface area contributed by atoms with Crippen molar-refractivity contribution in [3.63, 3.8) is 0 Å². The minimum atomic E-state index is -0.399. The summed E-state index contributed by atoms with van der Waals surface area (Å²) in [6, 6.07) is 7.97. The second kappa shape index (κ2) is 3.46. The van der Waals surface area contributed by atoms with E-state index in [-0.39, 0.29) is 5.91 Å². The summed E-state index contributed by atoms with van der Waals surface area (Å²) in [5.74, 6) is 0.118. The Morgan fingerprint density at radius 2 is 2.06 bits per heavy atom. The van der Waals surface area contributed by atoms with E-state index >= 15 is 0 Å². The first kappa shape index (κ1) is 9.60. The van der Waals surface area contributed by atoms with Crippen molar-refractivity contribution in [2.75, 3.05) is 18.4 Å². The van der Waals surface area contributed by atoms with Crippen LogP contribution in [0.3, 0.4) is 0 Å². The number of anilines is 1. The number of rotatable bonds is 0. The van der Waals surface area contributed by atoms with Gasteiger partial charge < -0.3 is 10.6 Å². The maximum atomic E-state index is 12.2. The molecule has 3 rings (SSSR count). The molecule has 1 aromatic carbocycles. The molecule has 1 amide bonds. The molecule has 0 saturated carbocycles. The number of allylic oxidation sites excluding steroid dienone is 1. The molecule has 2 aliphatic heterocycles. The highest BCUT2D eigenvalue weighted by Gasteiger charge is 2.45. The Labute approximate surface area is 94.5 Å². The zero-order chi connectivity index (χ0) is 11.0. The van der Waals surface area contributed by atoms with Crippen LogP contribution in [0.15, 0.2) is 36.4 Å². The number of carbonyl (C=O) groups excluding carboxylic acids is 1. The third-order valence-electron chi connectivity index (χ3n) is 3.45. The minimum absolute atomic E-state index is 0.118. The number of fused-ring (bicyclic) bond motifs is 2. The van der Waals surface area contributed by atoms with E-state index in [0.29, 0.717) is 6.54 Å². The van der Waals surface area contributed by atoms with Crippen LogP contribution in [0.2, 0.25) is 0 Å². The molecule has 82 valence electrons. The van der Waals surface area contributed by atoms with Crippen LogP contribution in [0, 0.1) is 0 Å². The van der Waals surface area contributed by atoms with Crippen molar-refractivity contribution in [2.45, 2.75) is 11.8 Å². The second-order valence-corrected chi connectivity index (χ2v) is 4.39. The molecule has 0 aliphatic carbocycles. The van der Waals surface area contributed by atoms with Gasteiger partial charge in [-0.2, -0.15) is 0 Å². The summed E-state index contributed by atoms with van der Waals surface area (Å²) in [5.41, 5.74) is 1.69. The molecule has 2 N–H and O–H groups in total. The van der Waals surface area contributed by atoms with Crippen molar-refractivity contribution in [3.8, 4) is 0 Å². The normalized spacial score (nSPS) is 27.6. The molecule has 0 unspecified atom stereocenters. The Morgan fingerprint density at radius 3 is 3.00 bits per heavy atom. The van der Waals surface area contributed by atoms with E-state index in [0.717, 1.165) is 24.2 Å². The Balaban J connectivity index is 2.12. The smallest absolute Gasteiger partial charge is 0.236 e. The first-order chi connectivity index (χ1) is 7.83. The van der Waals surface area contributed by atoms with Crippen LogP contribution in [-0.2, 0) is 10.2 Å². The van der Waals surface area contributed by atoms with Crippen molar-refractivity contribution in [1.82, 2.24) is 5.32 Å². The quantitative estimate of drug-likeness (QED) is 0.641. The molecule has 0 aromatic heterocycles. The molecule has 1 spiro atoms. The third-order valence-corrected chi connectivity index (χ3v) is 3.45. The SMILES string of the molecule is O=C1Nc2ccccc2[C@]12CC=CCNC2. The van der Waals surface area contributed by atoms with E-state index in [4.69, 9.17) is 0 Å². The van der Waals surface area contributed by atoms with Crippen molar-refractivity contribution >= 4 is 11.6 Å². The molecule has 0 fully saturated rings. The number of nitrogens with one attached hydrogen (secondary N) is 2. The molecule has 2 aliphatic rings. The number of hydrogen-bond acceptors (Lipinski definition) is 2. The summed E-state index contributed by atoms with van der Waals surface area (Å²) >= 11 is 0. The molecule has 16 heavy (non-hydrogen) atoms. The van der Waals surface area contributed by atoms with E-state index in [1.165, 1.54) is 0 Å². The van der Waals surface area contributed by atoms with Crippen molar-refractivity contribution in [1.29, 1.82) is 0 Å². The molecule has 0 bridgehead atoms. The van der Waals surface area contributed by atoms with Gasteiger partial charge in [0.15, 0.2) is 0 Å². The fourth-order valence-corrected chi connectivity index (χ4v) is 2.56. The van der Waals surface area contributed by atoms with Crippen LogP contribution in [0.4, 0.5) is 5.69 Å². The monoisotopic (exact) mass is 214 g/mol. The predicted octanol–water partition coefficient (Wildman–Crippen LogP) is 1.43. The molecule has 1 aromatic rings. The van der Waals surface area contributed by atoms with Crippen LogP contribution in [0.1, 0.15) is 12.0 Å². The van der Waals surface area contributed by atoms with Crippen LogP contribution in [0.25, 0.3) is 0 Å². The maximum absolute atomic E-state index is 12.2. The molecule has 1 atom stereocenters. The van der Waals surface area contributed by atoms with E-state index in [1.54, 1.807) is 0 Å². The lowest BCUT2D eigenvalue weighted by molar-refractivity contribution is -0.120. The molecular weight excluding hydrogens is 200 g/mol. The number of para-hydroxylation sites is 1. The fraction of sp³-hybridized carbons (Fsp3) is 0.308. The van der Waals surface area contributed by atoms with Gasteiger partial charge in [0.2, 0.25) is 5.91 Å². The van der Waals surface area contributed by atoms with Crippen LogP contribution >= 0.6 is 0 Å². The highest BCUT2D eigenvalue weighted by Crippen LogP contribution is 2.40. The summed E-state index contributed by atoms with van der Waals surface area (Å²) in [5, 5.41) is 6.28. The first-order valence-electron chi connectivity index (χ1n) is 5.60. The molecule has 3 nitrogen and oxygen atoms in total. The Morgan fingerprint density at radius 1 is 1.19 bits per heavy atom. The van der Waals surface area contributed by atoms with Gasteiger partial charge in [0, 0.05) is 18.8 Å². The Kier molecular flexibility index (Phi) is 2.07. The number of amides is 1. The maximum Gasteiger partial charge on any atom is 0.236 e. The topological polar surface area (TPSA) is 41.1 Å². The van der Waals surface area contributed by atoms with E-state index in [2.05, 4.69) is 22.8 Å². The zero-order valence-corrected chi connectivity index (χ0v) is 8.99. The van der Waals surface area contributed by atoms with Crippen LogP contribution in [-0.4, -0.2) is 19.0 Å². The average Bonchev–Trinajstić information content (AvgIpc) is 2.49. The highest BCUT2D eigenvalue weighted by atomic mass is 16.2. The van der Waals surface area contributed by atoms with Gasteiger partial charge in [-0.1, -0.05) is 30.4 Å². The molecule has 0 saturated heterocycles. The Hall–Kier alpha value is -1.61. The van der Waals surface area contributed by atoms with Gasteiger partial charge in [0.25, 0.3) is 0 Å². The van der Waals surface area contributed by atoms with E-state index in [9.17, 15) is 4.79 Å². The number of hydrogen-bond donors (Lipinski definition) is 2. The zero-order valence-electron chi connectivity index (χ0n) is 8.99. The lowest BCUT2D eigenvalue weighted by atomic mass is 9.79. The van der Waals surface area contributed by atoms with Gasteiger partial charge in [-0.3, -0.25) is 4.79 Å². The number of carbonyl (C=O) groups is 1. The van der Waals surface area contributed by atoms with Crippen LogP contribution in [0.5, 0.6) is 0 Å². The first-order valence-corrected chi connectivity index (χ1v) is 5.60. The average molecular weight is 214 g/mol. The van der Waals surface area contributed by atoms with Crippen molar-refractivity contribution in [2.24, 2.45) is 0 Å². The summed E-state index contributed by atoms with van der Waals surface area (Å²) in [6.45, 7) is 1.56. The van der Waals surface area contributed by atoms with Crippen molar-refractivity contribution in [3.05, 3.63) is 42.0 Å². The van der Waals surface area contributed by atoms with E-state index in [1.807, 2.05) is 24.3 Å². The Bertz CT molecular complexity index is 467. The summed E-state index contributed by atoms with van der Waals surface area (Å²) in [4.78, 5) is 12.2. The highest BCUT2D eigenvalue weighted by molar-refractivity contribution is 6.06. The second-order valence-electron chi connectivity index (χ2n) is 4.39. The van der Waals surface area contributed by atoms with Gasteiger partial charge >= 0.3 is 0 Å². The van der Waals surface area contributed by atoms with Gasteiger partial charge in [-0.25, -0.2) is 0 Å². The van der Waals surface area contributed by atoms with Gasteiger partial charge in [-0.05, 0) is 18.1 Å². The summed E-state index contributed by atoms with van der Waals surface area (Å²) < 4.78 is 0. The van der Waals surface area contributed by atoms with Gasteiger partial charge in [0.1, 0.15) is 0 Å². The standard InChI is InChI=1S/C13H14N2O/c16-12-13(7-3-4-8-14-9-13)10-5-1-2-6-11(10)15-12/h1-6,14H,7-9H2,(H,15,16)/t13-/m1/s1. The summed E-state index contributed by atoms with van der Waals surface area (Å²) in [6.07, 6.45) is 4.97.